The summed E-state index contributed by atoms with van der Waals surface area (Å²) in [4.78, 5) is 26.6. The first-order valence-electron chi connectivity index (χ1n) is 11.4. The second kappa shape index (κ2) is 12.2. The van der Waals surface area contributed by atoms with Crippen LogP contribution in [0.2, 0.25) is 0 Å². The molecule has 0 saturated carbocycles. The summed E-state index contributed by atoms with van der Waals surface area (Å²) < 4.78 is 49.6. The van der Waals surface area contributed by atoms with Crippen LogP contribution in [0.4, 0.5) is 13.2 Å². The van der Waals surface area contributed by atoms with Crippen molar-refractivity contribution in [3.8, 4) is 23.3 Å². The van der Waals surface area contributed by atoms with E-state index in [-0.39, 0.29) is 24.6 Å². The van der Waals surface area contributed by atoms with Crippen molar-refractivity contribution in [2.75, 3.05) is 32.8 Å². The number of carbonyl (C=O) groups excluding carboxylic acids is 2. The molecule has 1 saturated heterocycles. The molecule has 0 spiro atoms. The van der Waals surface area contributed by atoms with Crippen molar-refractivity contribution in [2.24, 2.45) is 0 Å². The lowest BCUT2D eigenvalue weighted by Crippen LogP contribution is -2.38. The van der Waals surface area contributed by atoms with Gasteiger partial charge in [-0.05, 0) is 62.6 Å². The van der Waals surface area contributed by atoms with Crippen molar-refractivity contribution in [1.82, 2.24) is 10.2 Å². The van der Waals surface area contributed by atoms with Gasteiger partial charge in [0.1, 0.15) is 0 Å². The van der Waals surface area contributed by atoms with Gasteiger partial charge < -0.3 is 19.7 Å². The van der Waals surface area contributed by atoms with Crippen LogP contribution in [-0.2, 0) is 11.0 Å². The van der Waals surface area contributed by atoms with Gasteiger partial charge in [0, 0.05) is 24.2 Å². The Bertz CT molecular complexity index is 1100. The molecule has 3 rings (SSSR count). The third-order valence-corrected chi connectivity index (χ3v) is 5.33. The van der Waals surface area contributed by atoms with Gasteiger partial charge >= 0.3 is 6.18 Å². The number of ether oxygens (including phenoxy) is 2. The quantitative estimate of drug-likeness (QED) is 0.591. The van der Waals surface area contributed by atoms with Crippen LogP contribution >= 0.6 is 0 Å². The summed E-state index contributed by atoms with van der Waals surface area (Å²) in [5.41, 5.74) is -0.283. The number of benzene rings is 2. The zero-order valence-corrected chi connectivity index (χ0v) is 19.4. The van der Waals surface area contributed by atoms with Gasteiger partial charge in [0.2, 0.25) is 0 Å². The zero-order chi connectivity index (χ0) is 25.3. The molecule has 1 aliphatic rings. The number of likely N-dealkylation sites (tertiary alicyclic amines) is 1. The first-order valence-corrected chi connectivity index (χ1v) is 11.4. The van der Waals surface area contributed by atoms with Crippen LogP contribution in [0.25, 0.3) is 0 Å². The number of piperidine rings is 1. The first-order chi connectivity index (χ1) is 16.8. The topological polar surface area (TPSA) is 67.9 Å². The molecule has 0 atom stereocenters. The fourth-order valence-electron chi connectivity index (χ4n) is 3.56. The van der Waals surface area contributed by atoms with E-state index in [1.165, 1.54) is 18.2 Å². The summed E-state index contributed by atoms with van der Waals surface area (Å²) in [6, 6.07) is 9.30. The molecule has 1 heterocycles. The summed E-state index contributed by atoms with van der Waals surface area (Å²) >= 11 is 0. The van der Waals surface area contributed by atoms with E-state index < -0.39 is 17.6 Å². The van der Waals surface area contributed by atoms with Crippen LogP contribution in [0.1, 0.15) is 47.7 Å². The van der Waals surface area contributed by atoms with Crippen LogP contribution in [0.3, 0.4) is 0 Å². The SMILES string of the molecule is CCOc1cc(C(=O)NCC#Cc2cccc(C(F)(F)F)c2)ccc1OCC(=O)N1CCCCC1. The maximum absolute atomic E-state index is 12.8. The number of nitrogens with one attached hydrogen (secondary N) is 1. The number of halogens is 3. The van der Waals surface area contributed by atoms with Crippen molar-refractivity contribution in [2.45, 2.75) is 32.4 Å². The molecule has 2 aromatic rings. The molecule has 1 fully saturated rings. The Morgan fingerprint density at radius 3 is 2.51 bits per heavy atom. The van der Waals surface area contributed by atoms with Gasteiger partial charge in [-0.25, -0.2) is 0 Å². The molecule has 0 aromatic heterocycles. The second-order valence-electron chi connectivity index (χ2n) is 7.89. The summed E-state index contributed by atoms with van der Waals surface area (Å²) in [6.07, 6.45) is -1.34. The standard InChI is InChI=1S/C26H27F3N2O4/c1-2-34-23-17-20(11-12-22(23)35-18-24(32)31-14-4-3-5-15-31)25(33)30-13-7-9-19-8-6-10-21(16-19)26(27,28)29/h6,8,10-12,16-17H,2-5,13-15,18H2,1H3,(H,30,33). The minimum Gasteiger partial charge on any atom is -0.490 e. The predicted octanol–water partition coefficient (Wildman–Crippen LogP) is 4.28. The van der Waals surface area contributed by atoms with E-state index in [0.717, 1.165) is 44.5 Å². The molecule has 1 N–H and O–H groups in total. The van der Waals surface area contributed by atoms with E-state index in [2.05, 4.69) is 17.2 Å². The summed E-state index contributed by atoms with van der Waals surface area (Å²) in [7, 11) is 0. The lowest BCUT2D eigenvalue weighted by atomic mass is 10.1. The van der Waals surface area contributed by atoms with Gasteiger partial charge in [0.25, 0.3) is 11.8 Å². The normalized spacial score (nSPS) is 13.4. The van der Waals surface area contributed by atoms with E-state index in [1.54, 1.807) is 24.0 Å². The minimum atomic E-state index is -4.44. The van der Waals surface area contributed by atoms with Gasteiger partial charge in [0.15, 0.2) is 18.1 Å². The lowest BCUT2D eigenvalue weighted by molar-refractivity contribution is -0.137. The van der Waals surface area contributed by atoms with Crippen LogP contribution in [0.15, 0.2) is 42.5 Å². The highest BCUT2D eigenvalue weighted by Gasteiger charge is 2.30. The van der Waals surface area contributed by atoms with Gasteiger partial charge in [-0.3, -0.25) is 9.59 Å². The highest BCUT2D eigenvalue weighted by atomic mass is 19.4. The molecule has 0 bridgehead atoms. The second-order valence-corrected chi connectivity index (χ2v) is 7.89. The van der Waals surface area contributed by atoms with E-state index in [9.17, 15) is 22.8 Å². The summed E-state index contributed by atoms with van der Waals surface area (Å²) in [5.74, 6) is 5.44. The molecule has 2 amide bonds. The first kappa shape index (κ1) is 25.9. The van der Waals surface area contributed by atoms with Gasteiger partial charge in [-0.15, -0.1) is 0 Å². The predicted molar refractivity (Wildman–Crippen MR) is 124 cm³/mol. The van der Waals surface area contributed by atoms with Crippen molar-refractivity contribution in [3.63, 3.8) is 0 Å². The molecular weight excluding hydrogens is 461 g/mol. The third-order valence-electron chi connectivity index (χ3n) is 5.33. The largest absolute Gasteiger partial charge is 0.490 e. The average molecular weight is 489 g/mol. The molecule has 0 aliphatic carbocycles. The van der Waals surface area contributed by atoms with Crippen LogP contribution in [-0.4, -0.2) is 49.6 Å². The van der Waals surface area contributed by atoms with Crippen LogP contribution in [0, 0.1) is 11.8 Å². The highest BCUT2D eigenvalue weighted by molar-refractivity contribution is 5.95. The van der Waals surface area contributed by atoms with Crippen molar-refractivity contribution >= 4 is 11.8 Å². The van der Waals surface area contributed by atoms with Crippen molar-refractivity contribution < 1.29 is 32.2 Å². The molecule has 0 unspecified atom stereocenters. The molecule has 9 heteroatoms. The molecule has 0 radical (unpaired) electrons. The number of rotatable bonds is 7. The monoisotopic (exact) mass is 488 g/mol. The zero-order valence-electron chi connectivity index (χ0n) is 19.4. The number of carbonyl (C=O) groups is 2. The van der Waals surface area contributed by atoms with Gasteiger partial charge in [-0.2, -0.15) is 13.2 Å². The highest BCUT2D eigenvalue weighted by Crippen LogP contribution is 2.30. The van der Waals surface area contributed by atoms with Crippen LogP contribution in [0.5, 0.6) is 11.5 Å². The summed E-state index contributed by atoms with van der Waals surface area (Å²) in [6.45, 7) is 3.42. The number of hydrogen-bond donors (Lipinski definition) is 1. The number of hydrogen-bond acceptors (Lipinski definition) is 4. The lowest BCUT2D eigenvalue weighted by Gasteiger charge is -2.26. The Balaban J connectivity index is 1.58. The number of amides is 2. The van der Waals surface area contributed by atoms with E-state index in [4.69, 9.17) is 9.47 Å². The van der Waals surface area contributed by atoms with Crippen molar-refractivity contribution in [1.29, 1.82) is 0 Å². The Morgan fingerprint density at radius 2 is 1.80 bits per heavy atom. The fraction of sp³-hybridized carbons (Fsp3) is 0.385. The molecule has 186 valence electrons. The Morgan fingerprint density at radius 1 is 1.03 bits per heavy atom. The van der Waals surface area contributed by atoms with E-state index in [0.29, 0.717) is 23.7 Å². The van der Waals surface area contributed by atoms with Gasteiger partial charge in [-0.1, -0.05) is 17.9 Å². The molecule has 35 heavy (non-hydrogen) atoms. The molecular formula is C26H27F3N2O4. The molecule has 6 nitrogen and oxygen atoms in total. The molecule has 2 aromatic carbocycles. The minimum absolute atomic E-state index is 0.0539. The Kier molecular flexibility index (Phi) is 9.01. The third kappa shape index (κ3) is 7.67. The molecule has 1 aliphatic heterocycles. The van der Waals surface area contributed by atoms with E-state index >= 15 is 0 Å². The number of nitrogens with zero attached hydrogens (tertiary/aromatic N) is 1. The fourth-order valence-corrected chi connectivity index (χ4v) is 3.56. The maximum atomic E-state index is 12.8. The van der Waals surface area contributed by atoms with E-state index in [1.807, 2.05) is 0 Å². The smallest absolute Gasteiger partial charge is 0.416 e. The van der Waals surface area contributed by atoms with Crippen molar-refractivity contribution in [3.05, 3.63) is 59.2 Å². The van der Waals surface area contributed by atoms with Crippen LogP contribution < -0.4 is 14.8 Å². The summed E-state index contributed by atoms with van der Waals surface area (Å²) in [5, 5.41) is 2.60. The Hall–Kier alpha value is -3.67. The average Bonchev–Trinajstić information content (AvgIpc) is 2.86. The number of alkyl halides is 3. The maximum Gasteiger partial charge on any atom is 0.416 e. The van der Waals surface area contributed by atoms with Gasteiger partial charge in [0.05, 0.1) is 18.7 Å². The Labute approximate surface area is 202 Å².